The van der Waals surface area contributed by atoms with Crippen molar-refractivity contribution in [3.05, 3.63) is 120 Å². The van der Waals surface area contributed by atoms with Crippen LogP contribution in [0.15, 0.2) is 103 Å². The minimum Gasteiger partial charge on any atom is -0.497 e. The molecule has 0 bridgehead atoms. The molecule has 0 aliphatic rings. The smallest absolute Gasteiger partial charge is 0.223 e. The topological polar surface area (TPSA) is 64.1 Å². The van der Waals surface area contributed by atoms with Crippen molar-refractivity contribution in [1.82, 2.24) is 9.97 Å². The van der Waals surface area contributed by atoms with Gasteiger partial charge in [0.25, 0.3) is 0 Å². The van der Waals surface area contributed by atoms with Crippen molar-refractivity contribution in [3.8, 4) is 5.75 Å². The molecule has 0 unspecified atom stereocenters. The zero-order chi connectivity index (χ0) is 21.5. The number of ether oxygens (including phenoxy) is 1. The van der Waals surface area contributed by atoms with Crippen LogP contribution in [0.5, 0.6) is 5.75 Å². The number of methoxy groups -OCH3 is 1. The van der Waals surface area contributed by atoms with Gasteiger partial charge in [0.1, 0.15) is 5.75 Å². The largest absolute Gasteiger partial charge is 0.497 e. The Kier molecular flexibility index (Phi) is 6.33. The number of anilines is 1. The molecule has 0 amide bonds. The molecule has 0 radical (unpaired) electrons. The molecule has 1 aromatic heterocycles. The van der Waals surface area contributed by atoms with Crippen molar-refractivity contribution >= 4 is 11.7 Å². The van der Waals surface area contributed by atoms with Gasteiger partial charge in [-0.2, -0.15) is 0 Å². The lowest BCUT2D eigenvalue weighted by Gasteiger charge is -2.28. The molecule has 5 heteroatoms. The number of carbonyl (C=O) groups excluding carboxylic acids is 1. The Balaban J connectivity index is 1.83. The van der Waals surface area contributed by atoms with Crippen LogP contribution in [0.25, 0.3) is 0 Å². The van der Waals surface area contributed by atoms with Gasteiger partial charge in [0.2, 0.25) is 5.95 Å². The molecule has 5 nitrogen and oxygen atoms in total. The third-order valence-corrected chi connectivity index (χ3v) is 5.16. The molecule has 4 aromatic rings. The van der Waals surface area contributed by atoms with Crippen molar-refractivity contribution in [2.24, 2.45) is 0 Å². The zero-order valence-electron chi connectivity index (χ0n) is 17.2. The molecule has 0 spiro atoms. The number of nitrogens with zero attached hydrogens (tertiary/aromatic N) is 2. The molecule has 3 aromatic carbocycles. The second-order valence-corrected chi connectivity index (χ2v) is 7.09. The van der Waals surface area contributed by atoms with Crippen LogP contribution in [0.3, 0.4) is 0 Å². The minimum atomic E-state index is -0.485. The SMILES string of the molecule is COc1ccc([C@H](Nc2ncccn2)[C@@H](C(=O)c2ccccc2)c2ccccc2)cc1. The van der Waals surface area contributed by atoms with Gasteiger partial charge in [-0.1, -0.05) is 72.8 Å². The molecule has 0 fully saturated rings. The lowest BCUT2D eigenvalue weighted by atomic mass is 9.81. The number of rotatable bonds is 8. The van der Waals surface area contributed by atoms with Crippen molar-refractivity contribution in [2.75, 3.05) is 12.4 Å². The third kappa shape index (κ3) is 4.78. The van der Waals surface area contributed by atoms with E-state index in [9.17, 15) is 4.79 Å². The Hall–Kier alpha value is -3.99. The first-order valence-corrected chi connectivity index (χ1v) is 10.1. The Bertz CT molecular complexity index is 1100. The number of hydrogen-bond donors (Lipinski definition) is 1. The van der Waals surface area contributed by atoms with Gasteiger partial charge in [-0.3, -0.25) is 4.79 Å². The van der Waals surface area contributed by atoms with Gasteiger partial charge >= 0.3 is 0 Å². The number of benzene rings is 3. The first kappa shape index (κ1) is 20.3. The molecule has 1 N–H and O–H groups in total. The fourth-order valence-electron chi connectivity index (χ4n) is 3.62. The maximum Gasteiger partial charge on any atom is 0.223 e. The average Bonchev–Trinajstić information content (AvgIpc) is 2.85. The molecule has 0 aliphatic heterocycles. The van der Waals surface area contributed by atoms with Crippen molar-refractivity contribution in [1.29, 1.82) is 0 Å². The summed E-state index contributed by atoms with van der Waals surface area (Å²) >= 11 is 0. The van der Waals surface area contributed by atoms with E-state index in [0.29, 0.717) is 11.5 Å². The Labute approximate surface area is 181 Å². The van der Waals surface area contributed by atoms with Crippen LogP contribution >= 0.6 is 0 Å². The summed E-state index contributed by atoms with van der Waals surface area (Å²) in [6.45, 7) is 0. The summed E-state index contributed by atoms with van der Waals surface area (Å²) in [7, 11) is 1.63. The van der Waals surface area contributed by atoms with E-state index in [1.54, 1.807) is 25.6 Å². The number of aromatic nitrogens is 2. The molecule has 4 rings (SSSR count). The molecule has 0 saturated heterocycles. The zero-order valence-corrected chi connectivity index (χ0v) is 17.2. The molecule has 154 valence electrons. The maximum absolute atomic E-state index is 13.8. The highest BCUT2D eigenvalue weighted by Gasteiger charge is 2.32. The van der Waals surface area contributed by atoms with E-state index < -0.39 is 5.92 Å². The van der Waals surface area contributed by atoms with Gasteiger partial charge in [-0.05, 0) is 29.3 Å². The minimum absolute atomic E-state index is 0.0241. The molecule has 0 saturated carbocycles. The summed E-state index contributed by atoms with van der Waals surface area (Å²) in [6, 6.07) is 28.3. The van der Waals surface area contributed by atoms with Gasteiger partial charge in [-0.25, -0.2) is 9.97 Å². The van der Waals surface area contributed by atoms with Gasteiger partial charge < -0.3 is 10.1 Å². The van der Waals surface area contributed by atoms with Crippen molar-refractivity contribution in [3.63, 3.8) is 0 Å². The van der Waals surface area contributed by atoms with Crippen LogP contribution in [0.1, 0.15) is 33.4 Å². The lowest BCUT2D eigenvalue weighted by Crippen LogP contribution is -2.27. The van der Waals surface area contributed by atoms with E-state index in [4.69, 9.17) is 4.74 Å². The molecular formula is C26H23N3O2. The standard InChI is InChI=1S/C26H23N3O2/c1-31-22-15-13-20(14-16-22)24(29-26-27-17-8-18-28-26)23(19-9-4-2-5-10-19)25(30)21-11-6-3-7-12-21/h2-18,23-24H,1H3,(H,27,28,29)/t23-,24-/m0/s1. The van der Waals surface area contributed by atoms with E-state index in [1.165, 1.54) is 0 Å². The predicted molar refractivity (Wildman–Crippen MR) is 121 cm³/mol. The highest BCUT2D eigenvalue weighted by atomic mass is 16.5. The van der Waals surface area contributed by atoms with E-state index in [0.717, 1.165) is 16.9 Å². The molecular weight excluding hydrogens is 386 g/mol. The van der Waals surface area contributed by atoms with E-state index in [2.05, 4.69) is 15.3 Å². The van der Waals surface area contributed by atoms with Gasteiger partial charge in [0.05, 0.1) is 19.1 Å². The summed E-state index contributed by atoms with van der Waals surface area (Å²) in [4.78, 5) is 22.4. The summed E-state index contributed by atoms with van der Waals surface area (Å²) in [5.41, 5.74) is 2.51. The van der Waals surface area contributed by atoms with Crippen LogP contribution < -0.4 is 10.1 Å². The molecule has 0 aliphatic carbocycles. The van der Waals surface area contributed by atoms with Crippen molar-refractivity contribution in [2.45, 2.75) is 12.0 Å². The fraction of sp³-hybridized carbons (Fsp3) is 0.115. The van der Waals surface area contributed by atoms with Crippen LogP contribution in [-0.2, 0) is 0 Å². The highest BCUT2D eigenvalue weighted by Crippen LogP contribution is 2.36. The van der Waals surface area contributed by atoms with Crippen molar-refractivity contribution < 1.29 is 9.53 Å². The van der Waals surface area contributed by atoms with Crippen LogP contribution in [-0.4, -0.2) is 22.9 Å². The molecule has 1 heterocycles. The predicted octanol–water partition coefficient (Wildman–Crippen LogP) is 5.31. The van der Waals surface area contributed by atoms with Gasteiger partial charge in [0.15, 0.2) is 5.78 Å². The van der Waals surface area contributed by atoms with Crippen LogP contribution in [0.2, 0.25) is 0 Å². The second-order valence-electron chi connectivity index (χ2n) is 7.09. The van der Waals surface area contributed by atoms with Gasteiger partial charge in [0, 0.05) is 18.0 Å². The Morgan fingerprint density at radius 3 is 2.00 bits per heavy atom. The third-order valence-electron chi connectivity index (χ3n) is 5.16. The quantitative estimate of drug-likeness (QED) is 0.400. The highest BCUT2D eigenvalue weighted by molar-refractivity contribution is 6.01. The number of ketones is 1. The van der Waals surface area contributed by atoms with Gasteiger partial charge in [-0.15, -0.1) is 0 Å². The molecule has 31 heavy (non-hydrogen) atoms. The summed E-state index contributed by atoms with van der Waals surface area (Å²) < 4.78 is 5.32. The number of nitrogens with one attached hydrogen (secondary N) is 1. The van der Waals surface area contributed by atoms with E-state index in [-0.39, 0.29) is 11.8 Å². The number of hydrogen-bond acceptors (Lipinski definition) is 5. The second kappa shape index (κ2) is 9.67. The summed E-state index contributed by atoms with van der Waals surface area (Å²) in [5.74, 6) is 0.756. The number of Topliss-reactive ketones (excluding diaryl/α,β-unsaturated/α-hetero) is 1. The lowest BCUT2D eigenvalue weighted by molar-refractivity contribution is 0.0950. The fourth-order valence-corrected chi connectivity index (χ4v) is 3.62. The molecule has 2 atom stereocenters. The van der Waals surface area contributed by atoms with E-state index >= 15 is 0 Å². The first-order chi connectivity index (χ1) is 15.3. The first-order valence-electron chi connectivity index (χ1n) is 10.1. The number of carbonyl (C=O) groups is 1. The maximum atomic E-state index is 13.8. The Morgan fingerprint density at radius 2 is 1.39 bits per heavy atom. The van der Waals surface area contributed by atoms with E-state index in [1.807, 2.05) is 84.9 Å². The normalized spacial score (nSPS) is 12.5. The summed E-state index contributed by atoms with van der Waals surface area (Å²) in [6.07, 6.45) is 3.36. The monoisotopic (exact) mass is 409 g/mol. The van der Waals surface area contributed by atoms with Crippen LogP contribution in [0, 0.1) is 0 Å². The average molecular weight is 409 g/mol. The Morgan fingerprint density at radius 1 is 0.774 bits per heavy atom. The van der Waals surface area contributed by atoms with Crippen LogP contribution in [0.4, 0.5) is 5.95 Å². The summed E-state index contributed by atoms with van der Waals surface area (Å²) in [5, 5.41) is 3.40.